The largest absolute Gasteiger partial charge is 0.390 e. The summed E-state index contributed by atoms with van der Waals surface area (Å²) in [7, 11) is 0. The number of oxime groups is 1. The van der Waals surface area contributed by atoms with Gasteiger partial charge < -0.3 is 15.1 Å². The highest BCUT2D eigenvalue weighted by Crippen LogP contribution is 2.21. The van der Waals surface area contributed by atoms with Gasteiger partial charge in [-0.05, 0) is 30.7 Å². The highest BCUT2D eigenvalue weighted by molar-refractivity contribution is 6.01. The summed E-state index contributed by atoms with van der Waals surface area (Å²) in [5, 5.41) is 6.65. The van der Waals surface area contributed by atoms with E-state index in [1.165, 1.54) is 29.2 Å². The van der Waals surface area contributed by atoms with Gasteiger partial charge in [-0.25, -0.2) is 18.0 Å². The molecule has 2 amide bonds. The fourth-order valence-electron chi connectivity index (χ4n) is 3.52. The fourth-order valence-corrected chi connectivity index (χ4v) is 3.52. The first kappa shape index (κ1) is 22.4. The molecule has 5 nitrogen and oxygen atoms in total. The van der Waals surface area contributed by atoms with Crippen LogP contribution >= 0.6 is 0 Å². The van der Waals surface area contributed by atoms with Gasteiger partial charge >= 0.3 is 6.03 Å². The summed E-state index contributed by atoms with van der Waals surface area (Å²) in [5.41, 5.74) is 2.89. The average molecular weight is 453 g/mol. The van der Waals surface area contributed by atoms with Crippen molar-refractivity contribution >= 4 is 17.4 Å². The molecule has 1 atom stereocenters. The lowest BCUT2D eigenvalue weighted by molar-refractivity contribution is 0.0606. The number of halogens is 3. The van der Waals surface area contributed by atoms with Gasteiger partial charge in [0.25, 0.3) is 0 Å². The van der Waals surface area contributed by atoms with Gasteiger partial charge in [-0.3, -0.25) is 0 Å². The van der Waals surface area contributed by atoms with Crippen molar-refractivity contribution in [3.63, 3.8) is 0 Å². The zero-order chi connectivity index (χ0) is 23.4. The smallest absolute Gasteiger partial charge is 0.322 e. The van der Waals surface area contributed by atoms with Crippen LogP contribution in [0.3, 0.4) is 0 Å². The van der Waals surface area contributed by atoms with Gasteiger partial charge in [-0.2, -0.15) is 0 Å². The summed E-state index contributed by atoms with van der Waals surface area (Å²) in [5.74, 6) is -2.09. The van der Waals surface area contributed by atoms with Crippen LogP contribution in [0.4, 0.5) is 23.7 Å². The Morgan fingerprint density at radius 3 is 2.55 bits per heavy atom. The fraction of sp³-hybridized carbons (Fsp3) is 0.200. The first-order valence-corrected chi connectivity index (χ1v) is 10.4. The standard InChI is InChI=1S/C25H22F3N3O2/c1-16-6-8-17(9-7-16)24-13-20(33-30-24)15-31(14-18-10-11-19(26)12-22(18)28)25(32)29-23-5-3-2-4-21(23)27/h2-12,20H,13-15H2,1H3,(H,29,32). The molecule has 1 heterocycles. The second-order valence-corrected chi connectivity index (χ2v) is 7.86. The van der Waals surface area contributed by atoms with Gasteiger partial charge in [-0.15, -0.1) is 0 Å². The highest BCUT2D eigenvalue weighted by Gasteiger charge is 2.28. The average Bonchev–Trinajstić information content (AvgIpc) is 3.25. The molecule has 33 heavy (non-hydrogen) atoms. The molecule has 1 unspecified atom stereocenters. The highest BCUT2D eigenvalue weighted by atomic mass is 19.1. The molecule has 170 valence electrons. The van der Waals surface area contributed by atoms with E-state index >= 15 is 0 Å². The summed E-state index contributed by atoms with van der Waals surface area (Å²) < 4.78 is 41.6. The van der Waals surface area contributed by atoms with E-state index in [0.717, 1.165) is 29.0 Å². The molecule has 0 bridgehead atoms. The number of para-hydroxylation sites is 1. The summed E-state index contributed by atoms with van der Waals surface area (Å²) in [6, 6.07) is 16.1. The van der Waals surface area contributed by atoms with E-state index < -0.39 is 29.6 Å². The van der Waals surface area contributed by atoms with E-state index in [9.17, 15) is 18.0 Å². The SMILES string of the molecule is Cc1ccc(C2=NOC(CN(Cc3ccc(F)cc3F)C(=O)Nc3ccccc3F)C2)cc1. The quantitative estimate of drug-likeness (QED) is 0.525. The number of amides is 2. The molecule has 4 rings (SSSR count). The van der Waals surface area contributed by atoms with E-state index in [1.54, 1.807) is 6.07 Å². The number of anilines is 1. The molecule has 3 aromatic rings. The van der Waals surface area contributed by atoms with Crippen molar-refractivity contribution in [2.75, 3.05) is 11.9 Å². The van der Waals surface area contributed by atoms with Crippen LogP contribution in [0.1, 0.15) is 23.1 Å². The molecule has 0 fully saturated rings. The molecule has 0 aromatic heterocycles. The van der Waals surface area contributed by atoms with Gasteiger partial charge in [0.2, 0.25) is 0 Å². The Labute approximate surface area is 189 Å². The van der Waals surface area contributed by atoms with Crippen LogP contribution in [0.25, 0.3) is 0 Å². The molecule has 1 N–H and O–H groups in total. The number of nitrogens with zero attached hydrogens (tertiary/aromatic N) is 2. The van der Waals surface area contributed by atoms with Crippen molar-refractivity contribution in [3.8, 4) is 0 Å². The number of carbonyl (C=O) groups excluding carboxylic acids is 1. The lowest BCUT2D eigenvalue weighted by Gasteiger charge is -2.25. The third kappa shape index (κ3) is 5.52. The van der Waals surface area contributed by atoms with Crippen LogP contribution < -0.4 is 5.32 Å². The van der Waals surface area contributed by atoms with Gasteiger partial charge in [0.05, 0.1) is 24.5 Å². The van der Waals surface area contributed by atoms with Crippen LogP contribution in [0.5, 0.6) is 0 Å². The Kier molecular flexibility index (Phi) is 6.63. The van der Waals surface area contributed by atoms with E-state index in [1.807, 2.05) is 31.2 Å². The molecule has 0 saturated heterocycles. The maximum atomic E-state index is 14.3. The lowest BCUT2D eigenvalue weighted by atomic mass is 10.0. The molecule has 0 radical (unpaired) electrons. The normalized spacial score (nSPS) is 15.0. The maximum absolute atomic E-state index is 14.3. The number of benzene rings is 3. The summed E-state index contributed by atoms with van der Waals surface area (Å²) in [4.78, 5) is 19.8. The number of rotatable bonds is 6. The van der Waals surface area contributed by atoms with Crippen molar-refractivity contribution in [2.45, 2.75) is 26.0 Å². The van der Waals surface area contributed by atoms with Gasteiger partial charge in [0, 0.05) is 18.1 Å². The van der Waals surface area contributed by atoms with Crippen molar-refractivity contribution in [1.82, 2.24) is 4.90 Å². The third-order valence-corrected chi connectivity index (χ3v) is 5.32. The van der Waals surface area contributed by atoms with E-state index in [0.29, 0.717) is 6.42 Å². The number of aryl methyl sites for hydroxylation is 1. The van der Waals surface area contributed by atoms with Crippen LogP contribution in [0, 0.1) is 24.4 Å². The van der Waals surface area contributed by atoms with E-state index in [-0.39, 0.29) is 24.3 Å². The van der Waals surface area contributed by atoms with Crippen molar-refractivity contribution in [2.24, 2.45) is 5.16 Å². The minimum Gasteiger partial charge on any atom is -0.390 e. The Morgan fingerprint density at radius 2 is 1.82 bits per heavy atom. The third-order valence-electron chi connectivity index (χ3n) is 5.32. The van der Waals surface area contributed by atoms with Crippen LogP contribution in [0.15, 0.2) is 71.9 Å². The first-order valence-electron chi connectivity index (χ1n) is 10.4. The van der Waals surface area contributed by atoms with Crippen LogP contribution in [-0.2, 0) is 11.4 Å². The van der Waals surface area contributed by atoms with Crippen molar-refractivity contribution < 1.29 is 22.8 Å². The lowest BCUT2D eigenvalue weighted by Crippen LogP contribution is -2.40. The minimum atomic E-state index is -0.775. The monoisotopic (exact) mass is 453 g/mol. The molecular formula is C25H22F3N3O2. The molecule has 1 aliphatic heterocycles. The zero-order valence-corrected chi connectivity index (χ0v) is 17.9. The van der Waals surface area contributed by atoms with E-state index in [2.05, 4.69) is 10.5 Å². The molecule has 0 aliphatic carbocycles. The molecule has 0 spiro atoms. The van der Waals surface area contributed by atoms with E-state index in [4.69, 9.17) is 4.84 Å². The first-order chi connectivity index (χ1) is 15.9. The number of hydrogen-bond donors (Lipinski definition) is 1. The number of urea groups is 1. The number of carbonyl (C=O) groups is 1. The summed E-state index contributed by atoms with van der Waals surface area (Å²) in [6.07, 6.45) is -0.0329. The maximum Gasteiger partial charge on any atom is 0.322 e. The van der Waals surface area contributed by atoms with Crippen molar-refractivity contribution in [3.05, 3.63) is 101 Å². The minimum absolute atomic E-state index is 0.00369. The topological polar surface area (TPSA) is 53.9 Å². The molecule has 3 aromatic carbocycles. The molecule has 0 saturated carbocycles. The van der Waals surface area contributed by atoms with Gasteiger partial charge in [0.15, 0.2) is 6.10 Å². The van der Waals surface area contributed by atoms with Crippen LogP contribution in [-0.4, -0.2) is 29.3 Å². The second kappa shape index (κ2) is 9.77. The Bertz CT molecular complexity index is 1180. The molecular weight excluding hydrogens is 431 g/mol. The van der Waals surface area contributed by atoms with Gasteiger partial charge in [0.1, 0.15) is 17.5 Å². The predicted molar refractivity (Wildman–Crippen MR) is 119 cm³/mol. The molecule has 8 heteroatoms. The number of hydrogen-bond acceptors (Lipinski definition) is 3. The summed E-state index contributed by atoms with van der Waals surface area (Å²) >= 11 is 0. The van der Waals surface area contributed by atoms with Crippen LogP contribution in [0.2, 0.25) is 0 Å². The Hall–Kier alpha value is -3.81. The second-order valence-electron chi connectivity index (χ2n) is 7.86. The Balaban J connectivity index is 1.50. The summed E-state index contributed by atoms with van der Waals surface area (Å²) in [6.45, 7) is 1.89. The zero-order valence-electron chi connectivity index (χ0n) is 17.9. The van der Waals surface area contributed by atoms with Gasteiger partial charge in [-0.1, -0.05) is 53.2 Å². The Morgan fingerprint density at radius 1 is 1.06 bits per heavy atom. The predicted octanol–water partition coefficient (Wildman–Crippen LogP) is 5.64. The number of nitrogens with one attached hydrogen (secondary N) is 1. The van der Waals surface area contributed by atoms with Crippen molar-refractivity contribution in [1.29, 1.82) is 0 Å². The molecule has 1 aliphatic rings.